The normalized spacial score (nSPS) is 13.1. The average Bonchev–Trinajstić information content (AvgIpc) is 2.65. The van der Waals surface area contributed by atoms with E-state index >= 15 is 0 Å². The number of nitrogens with two attached hydrogens (primary N) is 1. The molecule has 2 amide bonds. The van der Waals surface area contributed by atoms with Crippen LogP contribution in [0.15, 0.2) is 24.4 Å². The second-order valence-electron chi connectivity index (χ2n) is 5.61. The van der Waals surface area contributed by atoms with Crippen LogP contribution in [-0.2, 0) is 13.0 Å². The molecule has 0 saturated carbocycles. The Hall–Kier alpha value is -3.16. The summed E-state index contributed by atoms with van der Waals surface area (Å²) in [6.07, 6.45) is 2.21. The highest BCUT2D eigenvalue weighted by molar-refractivity contribution is 5.95. The van der Waals surface area contributed by atoms with E-state index < -0.39 is 5.91 Å². The zero-order valence-corrected chi connectivity index (χ0v) is 14.0. The first-order chi connectivity index (χ1) is 12.0. The van der Waals surface area contributed by atoms with E-state index in [1.807, 2.05) is 0 Å². The van der Waals surface area contributed by atoms with Crippen molar-refractivity contribution in [1.29, 1.82) is 0 Å². The van der Waals surface area contributed by atoms with E-state index in [-0.39, 0.29) is 18.3 Å². The number of carbonyl (C=O) groups is 2. The minimum Gasteiger partial charge on any atom is -0.497 e. The lowest BCUT2D eigenvalue weighted by atomic mass is 10.1. The average molecular weight is 342 g/mol. The molecule has 0 radical (unpaired) electrons. The van der Waals surface area contributed by atoms with Crippen molar-refractivity contribution in [1.82, 2.24) is 14.9 Å². The van der Waals surface area contributed by atoms with Crippen LogP contribution in [0.3, 0.4) is 0 Å². The predicted molar refractivity (Wildman–Crippen MR) is 88.5 cm³/mol. The fourth-order valence-electron chi connectivity index (χ4n) is 2.71. The summed E-state index contributed by atoms with van der Waals surface area (Å²) >= 11 is 0. The second kappa shape index (κ2) is 6.76. The summed E-state index contributed by atoms with van der Waals surface area (Å²) < 4.78 is 10.4. The van der Waals surface area contributed by atoms with Gasteiger partial charge in [-0.15, -0.1) is 0 Å². The van der Waals surface area contributed by atoms with Gasteiger partial charge in [0.15, 0.2) is 0 Å². The molecule has 2 aromatic rings. The summed E-state index contributed by atoms with van der Waals surface area (Å²) in [6.45, 7) is 0.821. The number of nitrogens with zero attached hydrogens (tertiary/aromatic N) is 3. The second-order valence-corrected chi connectivity index (χ2v) is 5.61. The van der Waals surface area contributed by atoms with Gasteiger partial charge in [-0.05, 0) is 24.1 Å². The Morgan fingerprint density at radius 3 is 2.44 bits per heavy atom. The molecule has 2 N–H and O–H groups in total. The van der Waals surface area contributed by atoms with E-state index in [4.69, 9.17) is 15.2 Å². The molecule has 0 atom stereocenters. The molecule has 1 aliphatic rings. The largest absolute Gasteiger partial charge is 0.497 e. The summed E-state index contributed by atoms with van der Waals surface area (Å²) in [5, 5.41) is 0. The Bertz CT molecular complexity index is 815. The Morgan fingerprint density at radius 1 is 1.16 bits per heavy atom. The van der Waals surface area contributed by atoms with Gasteiger partial charge in [-0.3, -0.25) is 9.59 Å². The van der Waals surface area contributed by atoms with E-state index in [1.54, 1.807) is 29.3 Å². The topological polar surface area (TPSA) is 108 Å². The molecular weight excluding hydrogens is 324 g/mol. The van der Waals surface area contributed by atoms with Gasteiger partial charge in [-0.2, -0.15) is 0 Å². The van der Waals surface area contributed by atoms with Gasteiger partial charge in [0.05, 0.1) is 26.5 Å². The molecule has 0 unspecified atom stereocenters. The molecule has 8 nitrogen and oxygen atoms in total. The van der Waals surface area contributed by atoms with Gasteiger partial charge in [-0.1, -0.05) is 0 Å². The maximum atomic E-state index is 12.8. The molecule has 0 aliphatic carbocycles. The highest BCUT2D eigenvalue weighted by Gasteiger charge is 2.24. The molecular formula is C17H18N4O4. The maximum absolute atomic E-state index is 12.8. The van der Waals surface area contributed by atoms with E-state index in [0.717, 1.165) is 5.56 Å². The van der Waals surface area contributed by atoms with Crippen LogP contribution >= 0.6 is 0 Å². The summed E-state index contributed by atoms with van der Waals surface area (Å²) in [5.74, 6) is 0.180. The zero-order chi connectivity index (χ0) is 18.0. The minimum atomic E-state index is -0.691. The summed E-state index contributed by atoms with van der Waals surface area (Å²) in [4.78, 5) is 33.9. The number of benzene rings is 1. The van der Waals surface area contributed by atoms with Gasteiger partial charge in [0.2, 0.25) is 5.82 Å². The van der Waals surface area contributed by atoms with Gasteiger partial charge >= 0.3 is 0 Å². The first-order valence-electron chi connectivity index (χ1n) is 7.68. The van der Waals surface area contributed by atoms with E-state index in [0.29, 0.717) is 35.7 Å². The van der Waals surface area contributed by atoms with Crippen LogP contribution in [0.25, 0.3) is 0 Å². The van der Waals surface area contributed by atoms with Crippen LogP contribution in [0, 0.1) is 0 Å². The van der Waals surface area contributed by atoms with Crippen molar-refractivity contribution in [3.8, 4) is 11.5 Å². The van der Waals surface area contributed by atoms with Crippen LogP contribution in [0.2, 0.25) is 0 Å². The van der Waals surface area contributed by atoms with E-state index in [1.165, 1.54) is 14.2 Å². The Kier molecular flexibility index (Phi) is 4.51. The third-order valence-corrected chi connectivity index (χ3v) is 4.05. The number of hydrogen-bond donors (Lipinski definition) is 1. The fraction of sp³-hybridized carbons (Fsp3) is 0.294. The number of rotatable bonds is 4. The standard InChI is InChI=1S/C17H18N4O4/c1-24-12-5-11(6-13(7-12)25-2)17(23)21-4-3-10-8-19-16(15(18)22)20-14(10)9-21/h5-8H,3-4,9H2,1-2H3,(H2,18,22). The number of primary amides is 1. The summed E-state index contributed by atoms with van der Waals surface area (Å²) in [7, 11) is 3.06. The van der Waals surface area contributed by atoms with Crippen molar-refractivity contribution in [2.75, 3.05) is 20.8 Å². The van der Waals surface area contributed by atoms with Gasteiger partial charge in [0.1, 0.15) is 11.5 Å². The van der Waals surface area contributed by atoms with Gasteiger partial charge in [0, 0.05) is 24.4 Å². The number of amides is 2. The van der Waals surface area contributed by atoms with Crippen molar-refractivity contribution in [2.45, 2.75) is 13.0 Å². The number of hydrogen-bond acceptors (Lipinski definition) is 6. The third-order valence-electron chi connectivity index (χ3n) is 4.05. The lowest BCUT2D eigenvalue weighted by Gasteiger charge is -2.28. The minimum absolute atomic E-state index is 0.0453. The molecule has 0 fully saturated rings. The monoisotopic (exact) mass is 342 g/mol. The van der Waals surface area contributed by atoms with Gasteiger partial charge in [-0.25, -0.2) is 9.97 Å². The zero-order valence-electron chi connectivity index (χ0n) is 14.0. The van der Waals surface area contributed by atoms with Crippen molar-refractivity contribution in [3.63, 3.8) is 0 Å². The highest BCUT2D eigenvalue weighted by Crippen LogP contribution is 2.25. The van der Waals surface area contributed by atoms with Crippen molar-refractivity contribution in [2.24, 2.45) is 5.73 Å². The third kappa shape index (κ3) is 3.37. The molecule has 0 saturated heterocycles. The number of fused-ring (bicyclic) bond motifs is 1. The summed E-state index contributed by atoms with van der Waals surface area (Å²) in [5.41, 5.74) is 7.24. The molecule has 1 aromatic heterocycles. The molecule has 0 bridgehead atoms. The molecule has 2 heterocycles. The molecule has 0 spiro atoms. The molecule has 1 aliphatic heterocycles. The van der Waals surface area contributed by atoms with Gasteiger partial charge in [0.25, 0.3) is 11.8 Å². The number of methoxy groups -OCH3 is 2. The van der Waals surface area contributed by atoms with Crippen LogP contribution in [0.1, 0.15) is 32.2 Å². The molecule has 1 aromatic carbocycles. The van der Waals surface area contributed by atoms with Crippen molar-refractivity contribution < 1.29 is 19.1 Å². The molecule has 3 rings (SSSR count). The number of aromatic nitrogens is 2. The predicted octanol–water partition coefficient (Wildman–Crippen LogP) is 0.791. The number of carbonyl (C=O) groups excluding carboxylic acids is 2. The quantitative estimate of drug-likeness (QED) is 0.880. The molecule has 25 heavy (non-hydrogen) atoms. The van der Waals surface area contributed by atoms with E-state index in [2.05, 4.69) is 9.97 Å². The van der Waals surface area contributed by atoms with Crippen molar-refractivity contribution >= 4 is 11.8 Å². The summed E-state index contributed by atoms with van der Waals surface area (Å²) in [6, 6.07) is 5.03. The maximum Gasteiger partial charge on any atom is 0.286 e. The highest BCUT2D eigenvalue weighted by atomic mass is 16.5. The Balaban J connectivity index is 1.87. The van der Waals surface area contributed by atoms with Crippen molar-refractivity contribution in [3.05, 3.63) is 47.0 Å². The Labute approximate surface area is 144 Å². The van der Waals surface area contributed by atoms with Crippen LogP contribution in [-0.4, -0.2) is 47.4 Å². The van der Waals surface area contributed by atoms with Gasteiger partial charge < -0.3 is 20.1 Å². The number of ether oxygens (including phenoxy) is 2. The first kappa shape index (κ1) is 16.7. The fourth-order valence-corrected chi connectivity index (χ4v) is 2.71. The first-order valence-corrected chi connectivity index (χ1v) is 7.68. The Morgan fingerprint density at radius 2 is 1.84 bits per heavy atom. The SMILES string of the molecule is COc1cc(OC)cc(C(=O)N2CCc3cnc(C(N)=O)nc3C2)c1. The van der Waals surface area contributed by atoms with Crippen LogP contribution in [0.4, 0.5) is 0 Å². The lowest BCUT2D eigenvalue weighted by Crippen LogP contribution is -2.37. The van der Waals surface area contributed by atoms with Crippen LogP contribution in [0.5, 0.6) is 11.5 Å². The molecule has 130 valence electrons. The molecule has 8 heteroatoms. The smallest absolute Gasteiger partial charge is 0.286 e. The lowest BCUT2D eigenvalue weighted by molar-refractivity contribution is 0.0731. The van der Waals surface area contributed by atoms with E-state index in [9.17, 15) is 9.59 Å². The van der Waals surface area contributed by atoms with Crippen LogP contribution < -0.4 is 15.2 Å².